The zero-order valence-electron chi connectivity index (χ0n) is 9.83. The first-order chi connectivity index (χ1) is 7.19. The number of H-pyrrole nitrogens is 1. The van der Waals surface area contributed by atoms with Crippen molar-refractivity contribution in [2.45, 2.75) is 20.8 Å². The van der Waals surface area contributed by atoms with E-state index in [9.17, 15) is 0 Å². The van der Waals surface area contributed by atoms with Gasteiger partial charge in [-0.3, -0.25) is 4.99 Å². The van der Waals surface area contributed by atoms with Crippen molar-refractivity contribution in [1.82, 2.24) is 4.98 Å². The van der Waals surface area contributed by atoms with Crippen LogP contribution in [0.1, 0.15) is 30.7 Å². The van der Waals surface area contributed by atoms with Crippen molar-refractivity contribution in [3.8, 4) is 0 Å². The molecule has 0 atom stereocenters. The standard InChI is InChI=1S/C13H18N2/c1-5-6-10(2)7-13-11(3)12(8-14-4)9-15-13/h5-9,15H,1-4H3/b6-5-,10-7-,14-8?. The summed E-state index contributed by atoms with van der Waals surface area (Å²) < 4.78 is 0. The fraction of sp³-hybridized carbons (Fsp3) is 0.308. The molecule has 0 saturated carbocycles. The number of hydrogen-bond acceptors (Lipinski definition) is 1. The normalized spacial score (nSPS) is 13.2. The quantitative estimate of drug-likeness (QED) is 0.575. The summed E-state index contributed by atoms with van der Waals surface area (Å²) in [5.41, 5.74) is 4.78. The highest BCUT2D eigenvalue weighted by Crippen LogP contribution is 2.14. The topological polar surface area (TPSA) is 28.1 Å². The number of aromatic amines is 1. The second-order valence-electron chi connectivity index (χ2n) is 3.56. The molecule has 2 nitrogen and oxygen atoms in total. The molecule has 1 rings (SSSR count). The summed E-state index contributed by atoms with van der Waals surface area (Å²) in [6.07, 6.45) is 10.1. The zero-order valence-corrected chi connectivity index (χ0v) is 9.83. The Morgan fingerprint density at radius 1 is 1.47 bits per heavy atom. The Hall–Kier alpha value is -1.57. The van der Waals surface area contributed by atoms with Gasteiger partial charge >= 0.3 is 0 Å². The van der Waals surface area contributed by atoms with Crippen molar-refractivity contribution in [2.24, 2.45) is 4.99 Å². The third kappa shape index (κ3) is 2.94. The van der Waals surface area contributed by atoms with E-state index in [2.05, 4.69) is 36.0 Å². The monoisotopic (exact) mass is 202 g/mol. The second-order valence-corrected chi connectivity index (χ2v) is 3.56. The van der Waals surface area contributed by atoms with Gasteiger partial charge < -0.3 is 4.98 Å². The van der Waals surface area contributed by atoms with E-state index in [0.717, 1.165) is 11.3 Å². The maximum Gasteiger partial charge on any atom is 0.0419 e. The number of aliphatic imine (C=N–C) groups is 1. The van der Waals surface area contributed by atoms with Crippen molar-refractivity contribution >= 4 is 12.3 Å². The minimum absolute atomic E-state index is 1.15. The van der Waals surface area contributed by atoms with Crippen LogP contribution >= 0.6 is 0 Å². The number of allylic oxidation sites excluding steroid dienone is 3. The van der Waals surface area contributed by atoms with Gasteiger partial charge in [-0.2, -0.15) is 0 Å². The predicted octanol–water partition coefficient (Wildman–Crippen LogP) is 3.35. The second kappa shape index (κ2) is 5.35. The van der Waals surface area contributed by atoms with E-state index in [4.69, 9.17) is 0 Å². The first kappa shape index (κ1) is 11.5. The van der Waals surface area contributed by atoms with Gasteiger partial charge in [0.1, 0.15) is 0 Å². The summed E-state index contributed by atoms with van der Waals surface area (Å²) in [5.74, 6) is 0. The van der Waals surface area contributed by atoms with E-state index in [-0.39, 0.29) is 0 Å². The molecule has 15 heavy (non-hydrogen) atoms. The SMILES string of the molecule is C/C=C\C(C)=C/c1[nH]cc(C=NC)c1C. The molecule has 0 aliphatic rings. The molecule has 0 amide bonds. The summed E-state index contributed by atoms with van der Waals surface area (Å²) in [6, 6.07) is 0. The molecule has 0 radical (unpaired) electrons. The van der Waals surface area contributed by atoms with Crippen molar-refractivity contribution in [1.29, 1.82) is 0 Å². The summed E-state index contributed by atoms with van der Waals surface area (Å²) >= 11 is 0. The van der Waals surface area contributed by atoms with Crippen LogP contribution in [0.15, 0.2) is 28.9 Å². The average molecular weight is 202 g/mol. The van der Waals surface area contributed by atoms with Crippen LogP contribution in [-0.4, -0.2) is 18.2 Å². The predicted molar refractivity (Wildman–Crippen MR) is 67.5 cm³/mol. The fourth-order valence-electron chi connectivity index (χ4n) is 1.49. The maximum absolute atomic E-state index is 4.02. The summed E-state index contributed by atoms with van der Waals surface area (Å²) in [7, 11) is 1.78. The first-order valence-electron chi connectivity index (χ1n) is 5.10. The van der Waals surface area contributed by atoms with Gasteiger partial charge in [0, 0.05) is 30.7 Å². The van der Waals surface area contributed by atoms with Gasteiger partial charge in [0.2, 0.25) is 0 Å². The lowest BCUT2D eigenvalue weighted by Crippen LogP contribution is -1.82. The van der Waals surface area contributed by atoms with Crippen LogP contribution in [0.25, 0.3) is 6.08 Å². The molecule has 0 fully saturated rings. The number of aromatic nitrogens is 1. The first-order valence-corrected chi connectivity index (χ1v) is 5.10. The molecule has 2 heteroatoms. The van der Waals surface area contributed by atoms with Gasteiger partial charge in [-0.05, 0) is 38.0 Å². The Labute approximate surface area is 91.4 Å². The van der Waals surface area contributed by atoms with E-state index >= 15 is 0 Å². The molecule has 1 heterocycles. The van der Waals surface area contributed by atoms with Crippen LogP contribution in [0.4, 0.5) is 0 Å². The highest BCUT2D eigenvalue weighted by molar-refractivity contribution is 5.83. The van der Waals surface area contributed by atoms with E-state index in [0.29, 0.717) is 0 Å². The summed E-state index contributed by atoms with van der Waals surface area (Å²) in [6.45, 7) is 6.21. The van der Waals surface area contributed by atoms with Gasteiger partial charge in [0.25, 0.3) is 0 Å². The minimum Gasteiger partial charge on any atom is -0.361 e. The molecule has 1 aromatic heterocycles. The van der Waals surface area contributed by atoms with E-state index < -0.39 is 0 Å². The Morgan fingerprint density at radius 3 is 2.80 bits per heavy atom. The lowest BCUT2D eigenvalue weighted by Gasteiger charge is -1.95. The number of rotatable bonds is 3. The molecule has 1 aromatic rings. The lowest BCUT2D eigenvalue weighted by atomic mass is 10.1. The highest BCUT2D eigenvalue weighted by Gasteiger charge is 2.01. The van der Waals surface area contributed by atoms with Gasteiger partial charge in [-0.25, -0.2) is 0 Å². The molecule has 0 spiro atoms. The van der Waals surface area contributed by atoms with E-state index in [1.54, 1.807) is 7.05 Å². The molecule has 0 bridgehead atoms. The minimum atomic E-state index is 1.15. The number of nitrogens with one attached hydrogen (secondary N) is 1. The Bertz CT molecular complexity index is 406. The van der Waals surface area contributed by atoms with Crippen molar-refractivity contribution in [2.75, 3.05) is 7.05 Å². The third-order valence-electron chi connectivity index (χ3n) is 2.29. The molecule has 0 unspecified atom stereocenters. The van der Waals surface area contributed by atoms with Gasteiger partial charge in [0.15, 0.2) is 0 Å². The fourth-order valence-corrected chi connectivity index (χ4v) is 1.49. The molecule has 0 aliphatic heterocycles. The Morgan fingerprint density at radius 2 is 2.20 bits per heavy atom. The Kier molecular flexibility index (Phi) is 4.10. The van der Waals surface area contributed by atoms with Crippen molar-refractivity contribution in [3.05, 3.63) is 40.7 Å². The van der Waals surface area contributed by atoms with Crippen LogP contribution in [-0.2, 0) is 0 Å². The number of nitrogens with zero attached hydrogens (tertiary/aromatic N) is 1. The van der Waals surface area contributed by atoms with Gasteiger partial charge in [-0.1, -0.05) is 12.2 Å². The van der Waals surface area contributed by atoms with Crippen molar-refractivity contribution in [3.63, 3.8) is 0 Å². The van der Waals surface area contributed by atoms with E-state index in [1.165, 1.54) is 11.1 Å². The molecule has 0 aliphatic carbocycles. The molecular formula is C13H18N2. The van der Waals surface area contributed by atoms with Crippen LogP contribution in [0.3, 0.4) is 0 Å². The number of hydrogen-bond donors (Lipinski definition) is 1. The maximum atomic E-state index is 4.02. The van der Waals surface area contributed by atoms with Crippen LogP contribution in [0.2, 0.25) is 0 Å². The summed E-state index contributed by atoms with van der Waals surface area (Å²) in [5, 5.41) is 0. The van der Waals surface area contributed by atoms with Crippen LogP contribution < -0.4 is 0 Å². The van der Waals surface area contributed by atoms with Crippen LogP contribution in [0, 0.1) is 6.92 Å². The van der Waals surface area contributed by atoms with E-state index in [1.807, 2.05) is 25.4 Å². The average Bonchev–Trinajstić information content (AvgIpc) is 2.51. The molecule has 0 aromatic carbocycles. The van der Waals surface area contributed by atoms with Gasteiger partial charge in [-0.15, -0.1) is 0 Å². The van der Waals surface area contributed by atoms with Crippen molar-refractivity contribution < 1.29 is 0 Å². The molecule has 1 N–H and O–H groups in total. The smallest absolute Gasteiger partial charge is 0.0419 e. The zero-order chi connectivity index (χ0) is 11.3. The lowest BCUT2D eigenvalue weighted by molar-refractivity contribution is 1.33. The molecule has 80 valence electrons. The van der Waals surface area contributed by atoms with Crippen LogP contribution in [0.5, 0.6) is 0 Å². The third-order valence-corrected chi connectivity index (χ3v) is 2.29. The molecular weight excluding hydrogens is 184 g/mol. The highest BCUT2D eigenvalue weighted by atomic mass is 14.7. The van der Waals surface area contributed by atoms with Gasteiger partial charge in [0.05, 0.1) is 0 Å². The largest absolute Gasteiger partial charge is 0.361 e. The Balaban J connectivity index is 3.02. The molecule has 0 saturated heterocycles. The summed E-state index contributed by atoms with van der Waals surface area (Å²) in [4.78, 5) is 7.26.